The van der Waals surface area contributed by atoms with Gasteiger partial charge in [-0.1, -0.05) is 54.6 Å². The maximum absolute atomic E-state index is 12.0. The molecule has 0 saturated carbocycles. The first-order chi connectivity index (χ1) is 12.8. The Morgan fingerprint density at radius 2 is 1.70 bits per heavy atom. The summed E-state index contributed by atoms with van der Waals surface area (Å²) in [6.07, 6.45) is 0.450. The summed E-state index contributed by atoms with van der Waals surface area (Å²) in [6, 6.07) is 18.4. The van der Waals surface area contributed by atoms with Crippen LogP contribution in [0.1, 0.15) is 23.1 Å². The lowest BCUT2D eigenvalue weighted by Crippen LogP contribution is -2.44. The fourth-order valence-electron chi connectivity index (χ4n) is 2.86. The number of amides is 1. The summed E-state index contributed by atoms with van der Waals surface area (Å²) < 4.78 is 11.1. The highest BCUT2D eigenvalue weighted by Gasteiger charge is 2.16. The lowest BCUT2D eigenvalue weighted by molar-refractivity contribution is -0.122. The number of halogens is 1. The van der Waals surface area contributed by atoms with Crippen LogP contribution in [0, 0.1) is 0 Å². The normalized spacial score (nSPS) is 16.4. The van der Waals surface area contributed by atoms with E-state index in [0.29, 0.717) is 32.8 Å². The van der Waals surface area contributed by atoms with Crippen LogP contribution < -0.4 is 10.6 Å². The Bertz CT molecular complexity index is 674. The zero-order valence-corrected chi connectivity index (χ0v) is 16.2. The monoisotopic (exact) mass is 390 g/mol. The molecule has 27 heavy (non-hydrogen) atoms. The lowest BCUT2D eigenvalue weighted by Gasteiger charge is -2.23. The van der Waals surface area contributed by atoms with Crippen molar-refractivity contribution in [2.75, 3.05) is 19.8 Å². The van der Waals surface area contributed by atoms with E-state index in [9.17, 15) is 4.79 Å². The Hall–Kier alpha value is -1.92. The molecule has 1 unspecified atom stereocenters. The van der Waals surface area contributed by atoms with Crippen LogP contribution in [0.3, 0.4) is 0 Å². The largest absolute Gasteiger partial charge is 0.378 e. The van der Waals surface area contributed by atoms with E-state index in [0.717, 1.165) is 24.3 Å². The van der Waals surface area contributed by atoms with Gasteiger partial charge in [-0.25, -0.2) is 0 Å². The van der Waals surface area contributed by atoms with Gasteiger partial charge in [-0.3, -0.25) is 4.79 Å². The molecule has 1 saturated heterocycles. The van der Waals surface area contributed by atoms with Crippen LogP contribution in [-0.2, 0) is 34.0 Å². The number of morpholine rings is 1. The molecule has 2 N–H and O–H groups in total. The van der Waals surface area contributed by atoms with E-state index in [-0.39, 0.29) is 24.4 Å². The van der Waals surface area contributed by atoms with Crippen LogP contribution in [0.4, 0.5) is 0 Å². The first-order valence-electron chi connectivity index (χ1n) is 9.07. The molecule has 1 fully saturated rings. The predicted molar refractivity (Wildman–Crippen MR) is 108 cm³/mol. The number of carbonyl (C=O) groups excluding carboxylic acids is 1. The number of rotatable bonds is 8. The van der Waals surface area contributed by atoms with E-state index >= 15 is 0 Å². The third kappa shape index (κ3) is 7.69. The molecule has 0 spiro atoms. The molecule has 3 rings (SSSR count). The van der Waals surface area contributed by atoms with Crippen molar-refractivity contribution < 1.29 is 14.3 Å². The highest BCUT2D eigenvalue weighted by molar-refractivity contribution is 5.85. The number of hydrogen-bond acceptors (Lipinski definition) is 4. The van der Waals surface area contributed by atoms with Gasteiger partial charge in [-0.05, 0) is 16.7 Å². The summed E-state index contributed by atoms with van der Waals surface area (Å²) in [4.78, 5) is 12.0. The molecule has 0 aliphatic carbocycles. The van der Waals surface area contributed by atoms with Crippen molar-refractivity contribution in [1.82, 2.24) is 10.6 Å². The summed E-state index contributed by atoms with van der Waals surface area (Å²) in [7, 11) is 0. The molecule has 0 radical (unpaired) electrons. The molecule has 0 bridgehead atoms. The summed E-state index contributed by atoms with van der Waals surface area (Å²) in [5, 5.41) is 6.25. The summed E-state index contributed by atoms with van der Waals surface area (Å²) in [5.74, 6) is 0.0447. The first kappa shape index (κ1) is 21.4. The van der Waals surface area contributed by atoms with Crippen molar-refractivity contribution in [3.63, 3.8) is 0 Å². The second-order valence-electron chi connectivity index (χ2n) is 6.50. The second kappa shape index (κ2) is 11.7. The number of benzene rings is 2. The minimum atomic E-state index is 0. The molecule has 1 aliphatic heterocycles. The fraction of sp³-hybridized carbons (Fsp3) is 0.381. The summed E-state index contributed by atoms with van der Waals surface area (Å²) in [6.45, 7) is 3.86. The van der Waals surface area contributed by atoms with Crippen molar-refractivity contribution in [1.29, 1.82) is 0 Å². The molecule has 146 valence electrons. The van der Waals surface area contributed by atoms with Gasteiger partial charge in [0.1, 0.15) is 0 Å². The lowest BCUT2D eigenvalue weighted by atomic mass is 10.1. The molecule has 2 aromatic rings. The van der Waals surface area contributed by atoms with Crippen molar-refractivity contribution in [2.24, 2.45) is 0 Å². The average molecular weight is 391 g/mol. The molecular weight excluding hydrogens is 364 g/mol. The number of nitrogens with one attached hydrogen (secondary N) is 2. The number of carbonyl (C=O) groups is 1. The molecular formula is C21H27ClN2O3. The van der Waals surface area contributed by atoms with E-state index in [2.05, 4.69) is 22.8 Å². The maximum atomic E-state index is 12.0. The van der Waals surface area contributed by atoms with Crippen molar-refractivity contribution in [2.45, 2.75) is 32.2 Å². The topological polar surface area (TPSA) is 59.6 Å². The third-order valence-corrected chi connectivity index (χ3v) is 4.32. The van der Waals surface area contributed by atoms with E-state index in [1.807, 2.05) is 42.5 Å². The Labute approximate surface area is 166 Å². The molecule has 0 aromatic heterocycles. The maximum Gasteiger partial charge on any atom is 0.221 e. The highest BCUT2D eigenvalue weighted by atomic mass is 35.5. The predicted octanol–water partition coefficient (Wildman–Crippen LogP) is 2.82. The third-order valence-electron chi connectivity index (χ3n) is 4.32. The zero-order chi connectivity index (χ0) is 18.0. The average Bonchev–Trinajstić information content (AvgIpc) is 2.69. The van der Waals surface area contributed by atoms with Gasteiger partial charge in [0.25, 0.3) is 0 Å². The summed E-state index contributed by atoms with van der Waals surface area (Å²) >= 11 is 0. The van der Waals surface area contributed by atoms with Gasteiger partial charge >= 0.3 is 0 Å². The summed E-state index contributed by atoms with van der Waals surface area (Å²) in [5.41, 5.74) is 3.38. The van der Waals surface area contributed by atoms with Gasteiger partial charge in [-0.2, -0.15) is 0 Å². The van der Waals surface area contributed by atoms with Gasteiger partial charge in [0.15, 0.2) is 0 Å². The van der Waals surface area contributed by atoms with Crippen LogP contribution in [0.5, 0.6) is 0 Å². The minimum Gasteiger partial charge on any atom is -0.378 e. The standard InChI is InChI=1S/C21H26N2O3.ClH/c24-21(12-20-16-25-11-10-22-20)23-13-17-6-8-19(9-7-17)15-26-14-18-4-2-1-3-5-18;/h1-9,20,22H,10-16H2,(H,23,24);1H. The molecule has 1 heterocycles. The molecule has 1 atom stereocenters. The molecule has 1 amide bonds. The van der Waals surface area contributed by atoms with E-state index in [4.69, 9.17) is 9.47 Å². The van der Waals surface area contributed by atoms with E-state index < -0.39 is 0 Å². The minimum absolute atomic E-state index is 0. The molecule has 6 heteroatoms. The zero-order valence-electron chi connectivity index (χ0n) is 15.4. The van der Waals surface area contributed by atoms with Gasteiger partial charge < -0.3 is 20.1 Å². The Morgan fingerprint density at radius 3 is 2.37 bits per heavy atom. The smallest absolute Gasteiger partial charge is 0.221 e. The Kier molecular flexibility index (Phi) is 9.28. The van der Waals surface area contributed by atoms with Crippen LogP contribution in [-0.4, -0.2) is 31.7 Å². The number of hydrogen-bond donors (Lipinski definition) is 2. The fourth-order valence-corrected chi connectivity index (χ4v) is 2.86. The SMILES string of the molecule is Cl.O=C(CC1COCCN1)NCc1ccc(COCc2ccccc2)cc1. The molecule has 1 aliphatic rings. The van der Waals surface area contributed by atoms with Crippen LogP contribution in [0.25, 0.3) is 0 Å². The van der Waals surface area contributed by atoms with Gasteiger partial charge in [0.05, 0.1) is 26.4 Å². The number of ether oxygens (including phenoxy) is 2. The van der Waals surface area contributed by atoms with Crippen LogP contribution >= 0.6 is 12.4 Å². The van der Waals surface area contributed by atoms with Crippen LogP contribution in [0.15, 0.2) is 54.6 Å². The van der Waals surface area contributed by atoms with Crippen molar-refractivity contribution >= 4 is 18.3 Å². The first-order valence-corrected chi connectivity index (χ1v) is 9.07. The van der Waals surface area contributed by atoms with E-state index in [1.54, 1.807) is 0 Å². The Morgan fingerprint density at radius 1 is 1.04 bits per heavy atom. The highest BCUT2D eigenvalue weighted by Crippen LogP contribution is 2.08. The van der Waals surface area contributed by atoms with Crippen molar-refractivity contribution in [3.8, 4) is 0 Å². The quantitative estimate of drug-likeness (QED) is 0.727. The molecule has 5 nitrogen and oxygen atoms in total. The van der Waals surface area contributed by atoms with Gasteiger partial charge in [0.2, 0.25) is 5.91 Å². The van der Waals surface area contributed by atoms with Crippen molar-refractivity contribution in [3.05, 3.63) is 71.3 Å². The van der Waals surface area contributed by atoms with Gasteiger partial charge in [0, 0.05) is 25.6 Å². The second-order valence-corrected chi connectivity index (χ2v) is 6.50. The van der Waals surface area contributed by atoms with E-state index in [1.165, 1.54) is 5.56 Å². The molecule has 2 aromatic carbocycles. The van der Waals surface area contributed by atoms with Gasteiger partial charge in [-0.15, -0.1) is 12.4 Å². The Balaban J connectivity index is 0.00000261. The van der Waals surface area contributed by atoms with Crippen LogP contribution in [0.2, 0.25) is 0 Å².